The third-order valence-electron chi connectivity index (χ3n) is 4.56. The first-order valence-corrected chi connectivity index (χ1v) is 8.25. The molecule has 3 nitrogen and oxygen atoms in total. The molecule has 3 aromatic carbocycles. The number of fused-ring (bicyclic) bond motifs is 1. The predicted molar refractivity (Wildman–Crippen MR) is 97.3 cm³/mol. The summed E-state index contributed by atoms with van der Waals surface area (Å²) in [4.78, 5) is 26.6. The molecule has 2 amide bonds. The molecule has 122 valence electrons. The molecule has 25 heavy (non-hydrogen) atoms. The normalized spacial score (nSPS) is 13.2. The van der Waals surface area contributed by atoms with Gasteiger partial charge in [0.1, 0.15) is 0 Å². The maximum Gasteiger partial charge on any atom is 0.261 e. The van der Waals surface area contributed by atoms with E-state index in [2.05, 4.69) is 6.07 Å². The van der Waals surface area contributed by atoms with Gasteiger partial charge in [-0.05, 0) is 35.7 Å². The monoisotopic (exact) mass is 327 g/mol. The zero-order chi connectivity index (χ0) is 17.4. The van der Waals surface area contributed by atoms with Gasteiger partial charge in [0.05, 0.1) is 17.7 Å². The van der Waals surface area contributed by atoms with Crippen molar-refractivity contribution in [3.05, 3.63) is 95.1 Å². The average Bonchev–Trinajstić information content (AvgIpc) is 2.89. The van der Waals surface area contributed by atoms with Gasteiger partial charge in [-0.2, -0.15) is 0 Å². The molecular weight excluding hydrogens is 310 g/mol. The Morgan fingerprint density at radius 2 is 1.32 bits per heavy atom. The van der Waals surface area contributed by atoms with Gasteiger partial charge in [0.25, 0.3) is 11.8 Å². The first-order valence-electron chi connectivity index (χ1n) is 8.25. The summed E-state index contributed by atoms with van der Waals surface area (Å²) in [5.41, 5.74) is 5.22. The lowest BCUT2D eigenvalue weighted by atomic mass is 9.97. The van der Waals surface area contributed by atoms with E-state index in [1.807, 2.05) is 49.4 Å². The van der Waals surface area contributed by atoms with Crippen LogP contribution in [0.3, 0.4) is 0 Å². The van der Waals surface area contributed by atoms with Crippen molar-refractivity contribution in [1.82, 2.24) is 4.90 Å². The Bertz CT molecular complexity index is 941. The standard InChI is InChI=1S/C22H17NO2/c1-15-11-12-17(20(13-15)16-7-3-2-4-8-16)14-23-21(24)18-9-5-6-10-19(18)22(23)25/h2-13H,14H2,1H3. The van der Waals surface area contributed by atoms with E-state index in [1.54, 1.807) is 24.3 Å². The van der Waals surface area contributed by atoms with Crippen LogP contribution in [-0.4, -0.2) is 16.7 Å². The van der Waals surface area contributed by atoms with Crippen LogP contribution in [0.25, 0.3) is 11.1 Å². The smallest absolute Gasteiger partial charge is 0.261 e. The van der Waals surface area contributed by atoms with Crippen LogP contribution in [-0.2, 0) is 6.54 Å². The highest BCUT2D eigenvalue weighted by Gasteiger charge is 2.35. The molecule has 0 saturated heterocycles. The number of benzene rings is 3. The minimum absolute atomic E-state index is 0.222. The van der Waals surface area contributed by atoms with E-state index in [9.17, 15) is 9.59 Å². The van der Waals surface area contributed by atoms with Gasteiger partial charge >= 0.3 is 0 Å². The number of hydrogen-bond donors (Lipinski definition) is 0. The molecule has 4 rings (SSSR count). The van der Waals surface area contributed by atoms with E-state index in [0.717, 1.165) is 22.3 Å². The third kappa shape index (κ3) is 2.64. The van der Waals surface area contributed by atoms with Crippen LogP contribution >= 0.6 is 0 Å². The molecule has 0 spiro atoms. The van der Waals surface area contributed by atoms with E-state index in [4.69, 9.17) is 0 Å². The zero-order valence-corrected chi connectivity index (χ0v) is 13.9. The molecule has 0 atom stereocenters. The molecule has 0 saturated carbocycles. The SMILES string of the molecule is Cc1ccc(CN2C(=O)c3ccccc3C2=O)c(-c2ccccc2)c1. The molecule has 0 fully saturated rings. The predicted octanol–water partition coefficient (Wildman–Crippen LogP) is 4.46. The second-order valence-electron chi connectivity index (χ2n) is 6.27. The molecule has 0 aliphatic carbocycles. The Labute approximate surface area is 146 Å². The number of amides is 2. The summed E-state index contributed by atoms with van der Waals surface area (Å²) in [6, 6.07) is 23.1. The van der Waals surface area contributed by atoms with Crippen molar-refractivity contribution < 1.29 is 9.59 Å². The van der Waals surface area contributed by atoms with Crippen LogP contribution in [0.1, 0.15) is 31.8 Å². The molecule has 1 aliphatic rings. The van der Waals surface area contributed by atoms with Crippen LogP contribution < -0.4 is 0 Å². The number of carbonyl (C=O) groups excluding carboxylic acids is 2. The molecule has 0 radical (unpaired) electrons. The Hall–Kier alpha value is -3.20. The Morgan fingerprint density at radius 1 is 0.720 bits per heavy atom. The number of imide groups is 1. The zero-order valence-electron chi connectivity index (χ0n) is 13.9. The van der Waals surface area contributed by atoms with E-state index < -0.39 is 0 Å². The Kier molecular flexibility index (Phi) is 3.69. The number of rotatable bonds is 3. The van der Waals surface area contributed by atoms with Crippen LogP contribution in [0.15, 0.2) is 72.8 Å². The van der Waals surface area contributed by atoms with Crippen LogP contribution in [0.2, 0.25) is 0 Å². The summed E-state index contributed by atoms with van der Waals surface area (Å²) < 4.78 is 0. The molecule has 0 aromatic heterocycles. The Balaban J connectivity index is 1.73. The van der Waals surface area contributed by atoms with Gasteiger partial charge < -0.3 is 0 Å². The quantitative estimate of drug-likeness (QED) is 0.666. The van der Waals surface area contributed by atoms with Crippen molar-refractivity contribution >= 4 is 11.8 Å². The Morgan fingerprint density at radius 3 is 1.96 bits per heavy atom. The maximum absolute atomic E-state index is 12.6. The van der Waals surface area contributed by atoms with Crippen molar-refractivity contribution in [2.75, 3.05) is 0 Å². The number of hydrogen-bond acceptors (Lipinski definition) is 2. The number of nitrogens with zero attached hydrogens (tertiary/aromatic N) is 1. The molecule has 3 aromatic rings. The number of carbonyl (C=O) groups is 2. The van der Waals surface area contributed by atoms with Crippen molar-refractivity contribution in [1.29, 1.82) is 0 Å². The fourth-order valence-electron chi connectivity index (χ4n) is 3.27. The largest absolute Gasteiger partial charge is 0.270 e. The lowest BCUT2D eigenvalue weighted by molar-refractivity contribution is 0.0642. The molecule has 1 aliphatic heterocycles. The van der Waals surface area contributed by atoms with Gasteiger partial charge in [-0.1, -0.05) is 66.2 Å². The summed E-state index contributed by atoms with van der Waals surface area (Å²) in [7, 11) is 0. The fraction of sp³-hybridized carbons (Fsp3) is 0.0909. The summed E-state index contributed by atoms with van der Waals surface area (Å²) >= 11 is 0. The fourth-order valence-corrected chi connectivity index (χ4v) is 3.27. The van der Waals surface area contributed by atoms with E-state index in [1.165, 1.54) is 4.90 Å². The van der Waals surface area contributed by atoms with Crippen LogP contribution in [0, 0.1) is 6.92 Å². The molecule has 0 bridgehead atoms. The summed E-state index contributed by atoms with van der Waals surface area (Å²) in [5.74, 6) is -0.444. The topological polar surface area (TPSA) is 37.4 Å². The van der Waals surface area contributed by atoms with Gasteiger partial charge in [0.15, 0.2) is 0 Å². The van der Waals surface area contributed by atoms with Gasteiger partial charge in [-0.25, -0.2) is 0 Å². The van der Waals surface area contributed by atoms with E-state index in [-0.39, 0.29) is 18.4 Å². The molecule has 0 N–H and O–H groups in total. The lowest BCUT2D eigenvalue weighted by Gasteiger charge is -2.17. The van der Waals surface area contributed by atoms with Crippen molar-refractivity contribution in [3.8, 4) is 11.1 Å². The van der Waals surface area contributed by atoms with Gasteiger partial charge in [-0.3, -0.25) is 14.5 Å². The maximum atomic E-state index is 12.6. The first kappa shape index (κ1) is 15.3. The number of aryl methyl sites for hydroxylation is 1. The highest BCUT2D eigenvalue weighted by atomic mass is 16.2. The van der Waals surface area contributed by atoms with Crippen molar-refractivity contribution in [2.24, 2.45) is 0 Å². The van der Waals surface area contributed by atoms with E-state index >= 15 is 0 Å². The summed E-state index contributed by atoms with van der Waals surface area (Å²) in [6.07, 6.45) is 0. The average molecular weight is 327 g/mol. The minimum atomic E-state index is -0.222. The van der Waals surface area contributed by atoms with Crippen molar-refractivity contribution in [2.45, 2.75) is 13.5 Å². The molecule has 0 unspecified atom stereocenters. The third-order valence-corrected chi connectivity index (χ3v) is 4.56. The molecule has 3 heteroatoms. The molecule has 1 heterocycles. The van der Waals surface area contributed by atoms with Crippen LogP contribution in [0.4, 0.5) is 0 Å². The van der Waals surface area contributed by atoms with Crippen LogP contribution in [0.5, 0.6) is 0 Å². The van der Waals surface area contributed by atoms with E-state index in [0.29, 0.717) is 11.1 Å². The highest BCUT2D eigenvalue weighted by Crippen LogP contribution is 2.29. The summed E-state index contributed by atoms with van der Waals surface area (Å²) in [5, 5.41) is 0. The van der Waals surface area contributed by atoms with Gasteiger partial charge in [-0.15, -0.1) is 0 Å². The first-order chi connectivity index (χ1) is 12.1. The second kappa shape index (κ2) is 6.02. The lowest BCUT2D eigenvalue weighted by Crippen LogP contribution is -2.29. The minimum Gasteiger partial charge on any atom is -0.270 e. The van der Waals surface area contributed by atoms with Gasteiger partial charge in [0, 0.05) is 0 Å². The molecular formula is C22H17NO2. The highest BCUT2D eigenvalue weighted by molar-refractivity contribution is 6.21. The second-order valence-corrected chi connectivity index (χ2v) is 6.27. The van der Waals surface area contributed by atoms with Crippen molar-refractivity contribution in [3.63, 3.8) is 0 Å². The van der Waals surface area contributed by atoms with Gasteiger partial charge in [0.2, 0.25) is 0 Å². The summed E-state index contributed by atoms with van der Waals surface area (Å²) in [6.45, 7) is 2.31.